The van der Waals surface area contributed by atoms with E-state index in [0.29, 0.717) is 0 Å². The second-order valence-corrected chi connectivity index (χ2v) is 19.1. The predicted octanol–water partition coefficient (Wildman–Crippen LogP) is 19.2. The molecule has 0 amide bonds. The van der Waals surface area contributed by atoms with Crippen molar-refractivity contribution in [2.24, 2.45) is 0 Å². The number of para-hydroxylation sites is 1. The minimum absolute atomic E-state index is 0.485. The van der Waals surface area contributed by atoms with Crippen molar-refractivity contribution < 1.29 is 4.42 Å². The second kappa shape index (κ2) is 17.4. The van der Waals surface area contributed by atoms with Gasteiger partial charge in [-0.1, -0.05) is 237 Å². The summed E-state index contributed by atoms with van der Waals surface area (Å²) in [5, 5.41) is 4.77. The lowest BCUT2D eigenvalue weighted by Gasteiger charge is -2.34. The van der Waals surface area contributed by atoms with Crippen LogP contribution in [0.1, 0.15) is 22.3 Å². The number of rotatable bonds is 9. The fourth-order valence-corrected chi connectivity index (χ4v) is 11.9. The largest absolute Gasteiger partial charge is 0.456 e. The van der Waals surface area contributed by atoms with Gasteiger partial charge in [0.2, 0.25) is 0 Å². The fraction of sp³-hybridized carbons (Fsp3) is 0.0141. The van der Waals surface area contributed by atoms with Crippen molar-refractivity contribution in [2.45, 2.75) is 5.41 Å². The molecule has 2 heteroatoms. The number of nitrogens with zero attached hydrogens (tertiary/aromatic N) is 1. The molecule has 1 aliphatic rings. The quantitative estimate of drug-likeness (QED) is 0.143. The summed E-state index contributed by atoms with van der Waals surface area (Å²) in [6.07, 6.45) is 0. The van der Waals surface area contributed by atoms with E-state index >= 15 is 0 Å². The molecule has 2 nitrogen and oxygen atoms in total. The van der Waals surface area contributed by atoms with E-state index in [1.165, 1.54) is 66.4 Å². The minimum Gasteiger partial charge on any atom is -0.456 e. The van der Waals surface area contributed by atoms with Gasteiger partial charge in [0, 0.05) is 27.8 Å². The van der Waals surface area contributed by atoms with Crippen LogP contribution in [0.4, 0.5) is 17.1 Å². The Balaban J connectivity index is 0.892. The molecule has 0 aliphatic heterocycles. The van der Waals surface area contributed by atoms with Gasteiger partial charge < -0.3 is 9.32 Å². The van der Waals surface area contributed by atoms with Crippen LogP contribution in [0, 0.1) is 0 Å². The van der Waals surface area contributed by atoms with Crippen molar-refractivity contribution in [1.29, 1.82) is 0 Å². The van der Waals surface area contributed by atoms with Gasteiger partial charge in [-0.3, -0.25) is 0 Å². The smallest absolute Gasteiger partial charge is 0.136 e. The fourth-order valence-electron chi connectivity index (χ4n) is 11.9. The lowest BCUT2D eigenvalue weighted by atomic mass is 9.67. The monoisotopic (exact) mass is 929 g/mol. The third kappa shape index (κ3) is 6.94. The molecule has 0 N–H and O–H groups in total. The van der Waals surface area contributed by atoms with Crippen molar-refractivity contribution in [3.63, 3.8) is 0 Å². The van der Waals surface area contributed by atoms with Crippen LogP contribution in [-0.2, 0) is 5.41 Å². The molecule has 342 valence electrons. The van der Waals surface area contributed by atoms with Crippen LogP contribution in [0.3, 0.4) is 0 Å². The Morgan fingerprint density at radius 2 is 0.781 bits per heavy atom. The highest BCUT2D eigenvalue weighted by molar-refractivity contribution is 6.12. The Kier molecular flexibility index (Phi) is 10.1. The van der Waals surface area contributed by atoms with Crippen LogP contribution in [-0.4, -0.2) is 0 Å². The first-order chi connectivity index (χ1) is 36.2. The molecule has 1 heterocycles. The molecule has 0 unspecified atom stereocenters. The van der Waals surface area contributed by atoms with Crippen LogP contribution in [0.25, 0.3) is 88.3 Å². The summed E-state index contributed by atoms with van der Waals surface area (Å²) in [5.41, 5.74) is 21.6. The van der Waals surface area contributed by atoms with Crippen LogP contribution in [0.5, 0.6) is 0 Å². The van der Waals surface area contributed by atoms with E-state index in [1.54, 1.807) is 0 Å². The van der Waals surface area contributed by atoms with Crippen LogP contribution >= 0.6 is 0 Å². The number of hydrogen-bond acceptors (Lipinski definition) is 2. The normalized spacial score (nSPS) is 12.5. The summed E-state index contributed by atoms with van der Waals surface area (Å²) in [5.74, 6) is 0. The van der Waals surface area contributed by atoms with Crippen molar-refractivity contribution in [3.05, 3.63) is 307 Å². The number of anilines is 3. The van der Waals surface area contributed by atoms with Crippen molar-refractivity contribution in [2.75, 3.05) is 4.90 Å². The molecular weight excluding hydrogens is 883 g/mol. The average molecular weight is 930 g/mol. The van der Waals surface area contributed by atoms with Gasteiger partial charge in [0.25, 0.3) is 0 Å². The number of furan rings is 1. The van der Waals surface area contributed by atoms with Gasteiger partial charge in [-0.25, -0.2) is 0 Å². The van der Waals surface area contributed by atoms with E-state index in [0.717, 1.165) is 61.3 Å². The average Bonchev–Trinajstić information content (AvgIpc) is 4.01. The van der Waals surface area contributed by atoms with Crippen LogP contribution < -0.4 is 4.90 Å². The highest BCUT2D eigenvalue weighted by Crippen LogP contribution is 2.58. The number of hydrogen-bond donors (Lipinski definition) is 0. The molecule has 0 fully saturated rings. The number of fused-ring (bicyclic) bond motifs is 7. The molecule has 0 saturated heterocycles. The standard InChI is InChI=1S/C71H47NO/c1-3-20-54(21-4-1)71(55-22-5-2-6-23-55)65-31-11-9-26-63(65)69-62(29-15-32-66(69)71)53-19-13-24-58(47-53)72(57-45-41-52(42-46-57)61-30-16-34-68-70(61)64-27-10-12-33-67(64)73-68)56-43-39-49(40-44-56)48-35-37-51(38-36-48)60-28-14-18-50-17-7-8-25-59(50)60/h1-47H. The van der Waals surface area contributed by atoms with Crippen molar-refractivity contribution >= 4 is 49.8 Å². The third-order valence-corrected chi connectivity index (χ3v) is 15.2. The van der Waals surface area contributed by atoms with Crippen molar-refractivity contribution in [1.82, 2.24) is 0 Å². The summed E-state index contributed by atoms with van der Waals surface area (Å²) in [4.78, 5) is 2.39. The van der Waals surface area contributed by atoms with Gasteiger partial charge >= 0.3 is 0 Å². The van der Waals surface area contributed by atoms with E-state index in [-0.39, 0.29) is 0 Å². The Labute approximate surface area is 425 Å². The Morgan fingerprint density at radius 3 is 1.53 bits per heavy atom. The highest BCUT2D eigenvalue weighted by Gasteiger charge is 2.46. The lowest BCUT2D eigenvalue weighted by molar-refractivity contribution is 0.669. The molecule has 1 aliphatic carbocycles. The first-order valence-corrected chi connectivity index (χ1v) is 25.2. The van der Waals surface area contributed by atoms with E-state index < -0.39 is 5.41 Å². The predicted molar refractivity (Wildman–Crippen MR) is 305 cm³/mol. The van der Waals surface area contributed by atoms with Gasteiger partial charge in [-0.15, -0.1) is 0 Å². The second-order valence-electron chi connectivity index (χ2n) is 19.1. The summed E-state index contributed by atoms with van der Waals surface area (Å²) in [7, 11) is 0. The zero-order valence-corrected chi connectivity index (χ0v) is 40.0. The van der Waals surface area contributed by atoms with Gasteiger partial charge in [0.15, 0.2) is 0 Å². The zero-order chi connectivity index (χ0) is 48.3. The maximum atomic E-state index is 6.32. The highest BCUT2D eigenvalue weighted by atomic mass is 16.3. The SMILES string of the molecule is c1ccc(C2(c3ccccc3)c3ccccc3-c3c(-c4cccc(N(c5ccc(-c6ccc(-c7cccc8ccccc78)cc6)cc5)c5ccc(-c6cccc7oc8ccccc8c67)cc5)c4)cccc32)cc1. The zero-order valence-electron chi connectivity index (χ0n) is 40.0. The maximum absolute atomic E-state index is 6.32. The molecule has 0 spiro atoms. The lowest BCUT2D eigenvalue weighted by Crippen LogP contribution is -2.28. The Morgan fingerprint density at radius 1 is 0.288 bits per heavy atom. The van der Waals surface area contributed by atoms with Gasteiger partial charge in [-0.05, 0) is 137 Å². The van der Waals surface area contributed by atoms with E-state index in [2.05, 4.69) is 278 Å². The molecule has 73 heavy (non-hydrogen) atoms. The molecule has 1 aromatic heterocycles. The summed E-state index contributed by atoms with van der Waals surface area (Å²) < 4.78 is 6.32. The topological polar surface area (TPSA) is 16.4 Å². The van der Waals surface area contributed by atoms with Gasteiger partial charge in [0.1, 0.15) is 11.2 Å². The third-order valence-electron chi connectivity index (χ3n) is 15.2. The van der Waals surface area contributed by atoms with E-state index in [4.69, 9.17) is 4.42 Å². The van der Waals surface area contributed by atoms with E-state index in [1.807, 2.05) is 12.1 Å². The summed E-state index contributed by atoms with van der Waals surface area (Å²) in [6.45, 7) is 0. The first-order valence-electron chi connectivity index (χ1n) is 25.2. The van der Waals surface area contributed by atoms with E-state index in [9.17, 15) is 0 Å². The minimum atomic E-state index is -0.485. The summed E-state index contributed by atoms with van der Waals surface area (Å²) >= 11 is 0. The Bertz CT molecular complexity index is 4130. The van der Waals surface area contributed by atoms with Crippen LogP contribution in [0.15, 0.2) is 290 Å². The van der Waals surface area contributed by atoms with Gasteiger partial charge in [-0.2, -0.15) is 0 Å². The molecule has 0 bridgehead atoms. The maximum Gasteiger partial charge on any atom is 0.136 e. The summed E-state index contributed by atoms with van der Waals surface area (Å²) in [6, 6.07) is 104. The van der Waals surface area contributed by atoms with Gasteiger partial charge in [0.05, 0.1) is 5.41 Å². The molecule has 0 saturated carbocycles. The molecule has 14 rings (SSSR count). The molecule has 0 atom stereocenters. The van der Waals surface area contributed by atoms with Crippen LogP contribution in [0.2, 0.25) is 0 Å². The number of benzene rings is 12. The molecule has 0 radical (unpaired) electrons. The molecular formula is C71H47NO. The Hall–Kier alpha value is -9.50. The van der Waals surface area contributed by atoms with Crippen molar-refractivity contribution in [3.8, 4) is 55.6 Å². The molecule has 12 aromatic carbocycles. The molecule has 13 aromatic rings. The first kappa shape index (κ1) is 42.4.